The van der Waals surface area contributed by atoms with Gasteiger partial charge in [-0.1, -0.05) is 33.6 Å². The van der Waals surface area contributed by atoms with E-state index in [-0.39, 0.29) is 0 Å². The first-order valence-electron chi connectivity index (χ1n) is 12.9. The van der Waals surface area contributed by atoms with Crippen molar-refractivity contribution in [3.05, 3.63) is 0 Å². The standard InChI is InChI=1S/C24H40O2.C2H8N2/c1-16(7-12-22(25)26)19-10-11-20-18-9-8-17-6-4-5-14-23(17,2)21(18)13-15-24(19,20)3;3-1-2-4/h16-21H,4-15H2,1-3H3,(H,25,26);1-4H2/t16?,17?,18?,19?,20?,21?,23-,24+;/m0./s1. The van der Waals surface area contributed by atoms with Crippen LogP contribution in [0.3, 0.4) is 0 Å². The van der Waals surface area contributed by atoms with E-state index in [1.807, 2.05) is 0 Å². The van der Waals surface area contributed by atoms with Gasteiger partial charge in [0.15, 0.2) is 0 Å². The summed E-state index contributed by atoms with van der Waals surface area (Å²) in [5.41, 5.74) is 10.9. The van der Waals surface area contributed by atoms with Crippen LogP contribution >= 0.6 is 0 Å². The quantitative estimate of drug-likeness (QED) is 0.552. The SMILES string of the molecule is CC(CCC(=O)O)C1CCC2C3CCC4CCCC[C@]4(C)C3CC[C@]12C.NCCN. The van der Waals surface area contributed by atoms with Gasteiger partial charge in [0, 0.05) is 19.5 Å². The van der Waals surface area contributed by atoms with Gasteiger partial charge in [-0.15, -0.1) is 0 Å². The zero-order valence-corrected chi connectivity index (χ0v) is 19.9. The van der Waals surface area contributed by atoms with Gasteiger partial charge in [-0.3, -0.25) is 4.79 Å². The highest BCUT2D eigenvalue weighted by Crippen LogP contribution is 2.68. The van der Waals surface area contributed by atoms with Gasteiger partial charge in [0.05, 0.1) is 0 Å². The molecule has 0 radical (unpaired) electrons. The fourth-order valence-electron chi connectivity index (χ4n) is 8.82. The van der Waals surface area contributed by atoms with Crippen molar-refractivity contribution in [2.24, 2.45) is 57.8 Å². The summed E-state index contributed by atoms with van der Waals surface area (Å²) in [5, 5.41) is 9.09. The molecule has 174 valence electrons. The van der Waals surface area contributed by atoms with Gasteiger partial charge in [0.2, 0.25) is 0 Å². The first-order valence-corrected chi connectivity index (χ1v) is 12.9. The molecule has 4 fully saturated rings. The topological polar surface area (TPSA) is 89.3 Å². The van der Waals surface area contributed by atoms with E-state index >= 15 is 0 Å². The zero-order valence-electron chi connectivity index (χ0n) is 19.9. The van der Waals surface area contributed by atoms with Crippen molar-refractivity contribution in [3.8, 4) is 0 Å². The number of nitrogens with two attached hydrogens (primary N) is 2. The van der Waals surface area contributed by atoms with Crippen LogP contribution in [0.1, 0.15) is 97.8 Å². The average molecular weight is 421 g/mol. The number of hydrogen-bond acceptors (Lipinski definition) is 3. The molecule has 0 heterocycles. The van der Waals surface area contributed by atoms with Crippen LogP contribution in [0, 0.1) is 46.3 Å². The number of hydrogen-bond donors (Lipinski definition) is 3. The highest BCUT2D eigenvalue weighted by molar-refractivity contribution is 5.66. The van der Waals surface area contributed by atoms with Gasteiger partial charge in [-0.05, 0) is 104 Å². The van der Waals surface area contributed by atoms with E-state index < -0.39 is 5.97 Å². The van der Waals surface area contributed by atoms with Gasteiger partial charge < -0.3 is 16.6 Å². The summed E-state index contributed by atoms with van der Waals surface area (Å²) in [6.45, 7) is 8.79. The van der Waals surface area contributed by atoms with Crippen molar-refractivity contribution in [2.75, 3.05) is 13.1 Å². The van der Waals surface area contributed by atoms with Crippen LogP contribution in [0.5, 0.6) is 0 Å². The maximum Gasteiger partial charge on any atom is 0.303 e. The molecule has 4 rings (SSSR count). The molecule has 6 unspecified atom stereocenters. The van der Waals surface area contributed by atoms with Crippen LogP contribution in [0.25, 0.3) is 0 Å². The predicted molar refractivity (Wildman–Crippen MR) is 124 cm³/mol. The van der Waals surface area contributed by atoms with E-state index in [2.05, 4.69) is 20.8 Å². The second-order valence-corrected chi connectivity index (χ2v) is 11.6. The molecule has 8 atom stereocenters. The number of rotatable bonds is 5. The summed E-state index contributed by atoms with van der Waals surface area (Å²) < 4.78 is 0. The Morgan fingerprint density at radius 3 is 2.30 bits per heavy atom. The number of fused-ring (bicyclic) bond motifs is 5. The molecule has 0 bridgehead atoms. The van der Waals surface area contributed by atoms with Crippen molar-refractivity contribution in [3.63, 3.8) is 0 Å². The second kappa shape index (κ2) is 9.90. The summed E-state index contributed by atoms with van der Waals surface area (Å²) in [5.74, 6) is 4.57. The van der Waals surface area contributed by atoms with Crippen LogP contribution in [0.4, 0.5) is 0 Å². The third kappa shape index (κ3) is 4.46. The molecule has 4 nitrogen and oxygen atoms in total. The smallest absolute Gasteiger partial charge is 0.303 e. The Kier molecular flexibility index (Phi) is 7.93. The van der Waals surface area contributed by atoms with Crippen molar-refractivity contribution >= 4 is 5.97 Å². The fourth-order valence-corrected chi connectivity index (χ4v) is 8.82. The van der Waals surface area contributed by atoms with Crippen LogP contribution in [-0.2, 0) is 4.79 Å². The van der Waals surface area contributed by atoms with Crippen molar-refractivity contribution in [2.45, 2.75) is 97.8 Å². The van der Waals surface area contributed by atoms with Crippen LogP contribution in [-0.4, -0.2) is 24.2 Å². The molecule has 4 saturated carbocycles. The summed E-state index contributed by atoms with van der Waals surface area (Å²) >= 11 is 0. The van der Waals surface area contributed by atoms with E-state index in [1.165, 1.54) is 64.2 Å². The lowest BCUT2D eigenvalue weighted by Gasteiger charge is -2.61. The zero-order chi connectivity index (χ0) is 21.9. The maximum atomic E-state index is 11.0. The summed E-state index contributed by atoms with van der Waals surface area (Å²) in [4.78, 5) is 11.0. The minimum atomic E-state index is -0.621. The molecule has 30 heavy (non-hydrogen) atoms. The number of carboxylic acid groups (broad SMARTS) is 1. The average Bonchev–Trinajstić information content (AvgIpc) is 3.09. The molecule has 0 spiro atoms. The Balaban J connectivity index is 0.000000589. The van der Waals surface area contributed by atoms with Crippen molar-refractivity contribution < 1.29 is 9.90 Å². The number of aliphatic carboxylic acids is 1. The number of carbonyl (C=O) groups is 1. The molecule has 5 N–H and O–H groups in total. The molecule has 4 heteroatoms. The Hall–Kier alpha value is -0.610. The largest absolute Gasteiger partial charge is 0.481 e. The summed E-state index contributed by atoms with van der Waals surface area (Å²) in [6.07, 6.45) is 15.7. The Morgan fingerprint density at radius 2 is 1.63 bits per heavy atom. The summed E-state index contributed by atoms with van der Waals surface area (Å²) in [6, 6.07) is 0. The maximum absolute atomic E-state index is 11.0. The molecule has 4 aliphatic carbocycles. The first-order chi connectivity index (χ1) is 14.3. The highest BCUT2D eigenvalue weighted by atomic mass is 16.4. The number of carboxylic acids is 1. The summed E-state index contributed by atoms with van der Waals surface area (Å²) in [7, 11) is 0. The molecule has 0 saturated heterocycles. The molecule has 0 aromatic carbocycles. The minimum Gasteiger partial charge on any atom is -0.481 e. The second-order valence-electron chi connectivity index (χ2n) is 11.6. The van der Waals surface area contributed by atoms with Gasteiger partial charge in [-0.2, -0.15) is 0 Å². The molecule has 4 aliphatic rings. The highest BCUT2D eigenvalue weighted by Gasteiger charge is 2.60. The molecular formula is C26H48N2O2. The lowest BCUT2D eigenvalue weighted by molar-refractivity contribution is -0.137. The van der Waals surface area contributed by atoms with Crippen LogP contribution in [0.2, 0.25) is 0 Å². The predicted octanol–water partition coefficient (Wildman–Crippen LogP) is 5.44. The normalized spacial score (nSPS) is 43.4. The monoisotopic (exact) mass is 420 g/mol. The van der Waals surface area contributed by atoms with Gasteiger partial charge in [0.1, 0.15) is 0 Å². The van der Waals surface area contributed by atoms with Crippen LogP contribution in [0.15, 0.2) is 0 Å². The van der Waals surface area contributed by atoms with E-state index in [0.29, 0.717) is 36.3 Å². The molecule has 0 amide bonds. The Labute approximate surface area is 184 Å². The van der Waals surface area contributed by atoms with E-state index in [4.69, 9.17) is 16.6 Å². The third-order valence-corrected chi connectivity index (χ3v) is 10.3. The van der Waals surface area contributed by atoms with Crippen molar-refractivity contribution in [1.82, 2.24) is 0 Å². The Morgan fingerprint density at radius 1 is 0.933 bits per heavy atom. The third-order valence-electron chi connectivity index (χ3n) is 10.3. The van der Waals surface area contributed by atoms with E-state index in [0.717, 1.165) is 36.0 Å². The van der Waals surface area contributed by atoms with Gasteiger partial charge in [0.25, 0.3) is 0 Å². The molecule has 0 aromatic heterocycles. The van der Waals surface area contributed by atoms with Gasteiger partial charge in [-0.25, -0.2) is 0 Å². The molecule has 0 aliphatic heterocycles. The van der Waals surface area contributed by atoms with Gasteiger partial charge >= 0.3 is 5.97 Å². The first kappa shape index (κ1) is 24.0. The van der Waals surface area contributed by atoms with E-state index in [9.17, 15) is 4.79 Å². The Bertz CT molecular complexity index is 579. The molecular weight excluding hydrogens is 372 g/mol. The molecule has 0 aromatic rings. The fraction of sp³-hybridized carbons (Fsp3) is 0.962. The van der Waals surface area contributed by atoms with E-state index in [1.54, 1.807) is 0 Å². The lowest BCUT2D eigenvalue weighted by Crippen LogP contribution is -2.53. The van der Waals surface area contributed by atoms with Crippen LogP contribution < -0.4 is 11.5 Å². The minimum absolute atomic E-state index is 0.351. The van der Waals surface area contributed by atoms with Crippen molar-refractivity contribution in [1.29, 1.82) is 0 Å². The lowest BCUT2D eigenvalue weighted by atomic mass is 9.44.